The molecular weight excluding hydrogens is 306 g/mol. The van der Waals surface area contributed by atoms with Crippen LogP contribution in [-0.4, -0.2) is 7.11 Å². The van der Waals surface area contributed by atoms with Gasteiger partial charge in [-0.2, -0.15) is 0 Å². The van der Waals surface area contributed by atoms with E-state index in [2.05, 4.69) is 60.9 Å². The van der Waals surface area contributed by atoms with Crippen molar-refractivity contribution in [2.75, 3.05) is 12.0 Å². The van der Waals surface area contributed by atoms with Crippen molar-refractivity contribution >= 4 is 11.8 Å². The van der Waals surface area contributed by atoms with E-state index in [1.54, 1.807) is 7.11 Å². The lowest BCUT2D eigenvalue weighted by atomic mass is 9.90. The Morgan fingerprint density at radius 1 is 1.12 bits per heavy atom. The summed E-state index contributed by atoms with van der Waals surface area (Å²) in [4.78, 5) is 2.49. The van der Waals surface area contributed by atoms with Gasteiger partial charge < -0.3 is 9.64 Å². The zero-order valence-corrected chi connectivity index (χ0v) is 15.2. The Morgan fingerprint density at radius 2 is 1.88 bits per heavy atom. The summed E-state index contributed by atoms with van der Waals surface area (Å²) in [5.74, 6) is 0.889. The molecule has 1 atom stereocenters. The Hall–Kier alpha value is -2.48. The van der Waals surface area contributed by atoms with E-state index in [1.165, 1.54) is 35.4 Å². The number of hydrogen-bond donors (Lipinski definition) is 0. The first-order chi connectivity index (χ1) is 12.3. The molecule has 130 valence electrons. The zero-order chi connectivity index (χ0) is 17.6. The molecule has 1 heterocycles. The number of benzene rings is 2. The summed E-state index contributed by atoms with van der Waals surface area (Å²) in [7, 11) is 1.71. The topological polar surface area (TPSA) is 12.5 Å². The SMILES string of the molecule is C=CCC1c2ccccc2C=C(CCCC)N1c1ccc(OC)cc1. The van der Waals surface area contributed by atoms with Crippen LogP contribution in [0.25, 0.3) is 6.08 Å². The van der Waals surface area contributed by atoms with Crippen molar-refractivity contribution in [1.29, 1.82) is 0 Å². The first-order valence-electron chi connectivity index (χ1n) is 9.12. The molecule has 2 heteroatoms. The maximum atomic E-state index is 5.33. The molecule has 2 aromatic rings. The smallest absolute Gasteiger partial charge is 0.119 e. The van der Waals surface area contributed by atoms with Crippen LogP contribution in [0.4, 0.5) is 5.69 Å². The number of fused-ring (bicyclic) bond motifs is 1. The molecule has 0 fully saturated rings. The molecule has 0 N–H and O–H groups in total. The highest BCUT2D eigenvalue weighted by molar-refractivity contribution is 5.70. The Bertz CT molecular complexity index is 745. The van der Waals surface area contributed by atoms with Gasteiger partial charge in [0.15, 0.2) is 0 Å². The molecule has 1 aliphatic rings. The number of unbranched alkanes of at least 4 members (excludes halogenated alkanes) is 1. The molecule has 0 aromatic heterocycles. The lowest BCUT2D eigenvalue weighted by Gasteiger charge is -2.39. The normalized spacial score (nSPS) is 16.2. The van der Waals surface area contributed by atoms with Crippen LogP contribution in [0.1, 0.15) is 49.8 Å². The van der Waals surface area contributed by atoms with Crippen molar-refractivity contribution in [1.82, 2.24) is 0 Å². The molecule has 0 aliphatic carbocycles. The summed E-state index contributed by atoms with van der Waals surface area (Å²) in [5.41, 5.74) is 5.31. The highest BCUT2D eigenvalue weighted by Gasteiger charge is 2.28. The predicted molar refractivity (Wildman–Crippen MR) is 107 cm³/mol. The first-order valence-corrected chi connectivity index (χ1v) is 9.12. The molecule has 1 unspecified atom stereocenters. The number of anilines is 1. The van der Waals surface area contributed by atoms with Crippen LogP contribution in [0.3, 0.4) is 0 Å². The van der Waals surface area contributed by atoms with Crippen LogP contribution in [-0.2, 0) is 0 Å². The summed E-state index contributed by atoms with van der Waals surface area (Å²) in [5, 5.41) is 0. The largest absolute Gasteiger partial charge is 0.497 e. The monoisotopic (exact) mass is 333 g/mol. The molecule has 0 bridgehead atoms. The van der Waals surface area contributed by atoms with Gasteiger partial charge in [-0.1, -0.05) is 43.7 Å². The second-order valence-corrected chi connectivity index (χ2v) is 6.48. The zero-order valence-electron chi connectivity index (χ0n) is 15.2. The summed E-state index contributed by atoms with van der Waals surface area (Å²) >= 11 is 0. The lowest BCUT2D eigenvalue weighted by Crippen LogP contribution is -2.31. The van der Waals surface area contributed by atoms with E-state index in [0.717, 1.165) is 18.6 Å². The molecule has 25 heavy (non-hydrogen) atoms. The van der Waals surface area contributed by atoms with Gasteiger partial charge in [-0.3, -0.25) is 0 Å². The average molecular weight is 333 g/mol. The number of allylic oxidation sites excluding steroid dienone is 1. The van der Waals surface area contributed by atoms with Gasteiger partial charge in [-0.15, -0.1) is 6.58 Å². The molecule has 0 amide bonds. The van der Waals surface area contributed by atoms with Crippen LogP contribution < -0.4 is 9.64 Å². The van der Waals surface area contributed by atoms with Crippen LogP contribution >= 0.6 is 0 Å². The van der Waals surface area contributed by atoms with Gasteiger partial charge in [0.2, 0.25) is 0 Å². The van der Waals surface area contributed by atoms with Gasteiger partial charge in [0.05, 0.1) is 13.2 Å². The Morgan fingerprint density at radius 3 is 2.56 bits per heavy atom. The van der Waals surface area contributed by atoms with Crippen LogP contribution in [0.5, 0.6) is 5.75 Å². The van der Waals surface area contributed by atoms with Gasteiger partial charge in [0, 0.05) is 11.4 Å². The highest BCUT2D eigenvalue weighted by atomic mass is 16.5. The van der Waals surface area contributed by atoms with Crippen LogP contribution in [0.15, 0.2) is 66.9 Å². The average Bonchev–Trinajstić information content (AvgIpc) is 2.66. The van der Waals surface area contributed by atoms with E-state index in [1.807, 2.05) is 18.2 Å². The van der Waals surface area contributed by atoms with E-state index in [0.29, 0.717) is 6.04 Å². The lowest BCUT2D eigenvalue weighted by molar-refractivity contribution is 0.415. The number of nitrogens with zero attached hydrogens (tertiary/aromatic N) is 1. The molecule has 1 aliphatic heterocycles. The maximum absolute atomic E-state index is 5.33. The molecule has 0 radical (unpaired) electrons. The Labute approximate surface area is 151 Å². The standard InChI is InChI=1S/C23H27NO/c1-4-6-11-20-17-18-10-7-8-12-22(18)23(9-5-2)24(20)19-13-15-21(25-3)16-14-19/h5,7-8,10,12-17,23H,2,4,6,9,11H2,1,3H3. The molecule has 3 rings (SSSR count). The van der Waals surface area contributed by atoms with Crippen molar-refractivity contribution in [3.8, 4) is 5.75 Å². The molecule has 0 spiro atoms. The van der Waals surface area contributed by atoms with Crippen molar-refractivity contribution < 1.29 is 4.74 Å². The third-order valence-corrected chi connectivity index (χ3v) is 4.83. The predicted octanol–water partition coefficient (Wildman–Crippen LogP) is 6.36. The van der Waals surface area contributed by atoms with Crippen molar-refractivity contribution in [2.45, 2.75) is 38.6 Å². The van der Waals surface area contributed by atoms with E-state index in [9.17, 15) is 0 Å². The molecule has 0 saturated carbocycles. The number of ether oxygens (including phenoxy) is 1. The van der Waals surface area contributed by atoms with E-state index < -0.39 is 0 Å². The fourth-order valence-corrected chi connectivity index (χ4v) is 3.56. The highest BCUT2D eigenvalue weighted by Crippen LogP contribution is 2.41. The molecule has 2 aromatic carbocycles. The maximum Gasteiger partial charge on any atom is 0.119 e. The minimum absolute atomic E-state index is 0.291. The van der Waals surface area contributed by atoms with Crippen molar-refractivity contribution in [3.63, 3.8) is 0 Å². The second kappa shape index (κ2) is 8.06. The van der Waals surface area contributed by atoms with Crippen molar-refractivity contribution in [2.24, 2.45) is 0 Å². The van der Waals surface area contributed by atoms with Crippen LogP contribution in [0.2, 0.25) is 0 Å². The first kappa shape index (κ1) is 17.3. The summed E-state index contributed by atoms with van der Waals surface area (Å²) < 4.78 is 5.33. The molecule has 0 saturated heterocycles. The van der Waals surface area contributed by atoms with Gasteiger partial charge in [0.1, 0.15) is 5.75 Å². The molecule has 2 nitrogen and oxygen atoms in total. The minimum Gasteiger partial charge on any atom is -0.497 e. The minimum atomic E-state index is 0.291. The summed E-state index contributed by atoms with van der Waals surface area (Å²) in [6.07, 6.45) is 8.79. The van der Waals surface area contributed by atoms with Crippen LogP contribution in [0, 0.1) is 0 Å². The van der Waals surface area contributed by atoms with E-state index >= 15 is 0 Å². The third-order valence-electron chi connectivity index (χ3n) is 4.83. The fraction of sp³-hybridized carbons (Fsp3) is 0.304. The Balaban J connectivity index is 2.07. The Kier molecular flexibility index (Phi) is 5.60. The summed E-state index contributed by atoms with van der Waals surface area (Å²) in [6, 6.07) is 17.4. The van der Waals surface area contributed by atoms with E-state index in [4.69, 9.17) is 4.74 Å². The quantitative estimate of drug-likeness (QED) is 0.546. The van der Waals surface area contributed by atoms with Gasteiger partial charge in [-0.05, 0) is 60.7 Å². The third kappa shape index (κ3) is 3.63. The number of hydrogen-bond acceptors (Lipinski definition) is 2. The van der Waals surface area contributed by atoms with Gasteiger partial charge in [-0.25, -0.2) is 0 Å². The molecular formula is C23H27NO. The van der Waals surface area contributed by atoms with Gasteiger partial charge in [0.25, 0.3) is 0 Å². The van der Waals surface area contributed by atoms with E-state index in [-0.39, 0.29) is 0 Å². The number of methoxy groups -OCH3 is 1. The number of rotatable bonds is 7. The fourth-order valence-electron chi connectivity index (χ4n) is 3.56. The van der Waals surface area contributed by atoms with Crippen molar-refractivity contribution in [3.05, 3.63) is 78.0 Å². The van der Waals surface area contributed by atoms with Gasteiger partial charge >= 0.3 is 0 Å². The second-order valence-electron chi connectivity index (χ2n) is 6.48. The summed E-state index contributed by atoms with van der Waals surface area (Å²) in [6.45, 7) is 6.25.